The summed E-state index contributed by atoms with van der Waals surface area (Å²) in [6.07, 6.45) is 4.57. The smallest absolute Gasteiger partial charge is 0.191 e. The molecule has 150 valence electrons. The summed E-state index contributed by atoms with van der Waals surface area (Å²) >= 11 is 0. The fourth-order valence-electron chi connectivity index (χ4n) is 3.23. The number of hydrogen-bond donors (Lipinski definition) is 2. The van der Waals surface area contributed by atoms with Gasteiger partial charge < -0.3 is 15.4 Å². The van der Waals surface area contributed by atoms with E-state index in [1.54, 1.807) is 6.08 Å². The molecule has 2 heterocycles. The first-order valence-electron chi connectivity index (χ1n) is 10.0. The lowest BCUT2D eigenvalue weighted by Crippen LogP contribution is -2.47. The summed E-state index contributed by atoms with van der Waals surface area (Å²) in [5.74, 6) is 3.67. The van der Waals surface area contributed by atoms with Crippen LogP contribution in [0, 0.1) is 0 Å². The van der Waals surface area contributed by atoms with E-state index in [1.165, 1.54) is 0 Å². The third-order valence-electron chi connectivity index (χ3n) is 4.64. The third-order valence-corrected chi connectivity index (χ3v) is 4.64. The second-order valence-corrected chi connectivity index (χ2v) is 6.76. The van der Waals surface area contributed by atoms with Gasteiger partial charge in [-0.05, 0) is 19.4 Å². The zero-order valence-electron chi connectivity index (χ0n) is 16.8. The minimum Gasteiger partial charge on any atom is -0.489 e. The molecule has 0 amide bonds. The van der Waals surface area contributed by atoms with Gasteiger partial charge in [0.2, 0.25) is 0 Å². The molecule has 7 nitrogen and oxygen atoms in total. The Morgan fingerprint density at radius 3 is 3.04 bits per heavy atom. The molecule has 1 aromatic carbocycles. The molecular formula is C21H30N6O. The zero-order valence-corrected chi connectivity index (χ0v) is 16.8. The maximum Gasteiger partial charge on any atom is 0.191 e. The number of nitrogens with zero attached hydrogens (tertiary/aromatic N) is 4. The van der Waals surface area contributed by atoms with Gasteiger partial charge in [0.05, 0.1) is 13.1 Å². The van der Waals surface area contributed by atoms with E-state index in [0.717, 1.165) is 61.3 Å². The van der Waals surface area contributed by atoms with Gasteiger partial charge in [-0.1, -0.05) is 37.8 Å². The number of guanidine groups is 1. The predicted molar refractivity (Wildman–Crippen MR) is 112 cm³/mol. The Morgan fingerprint density at radius 1 is 1.39 bits per heavy atom. The molecule has 1 aromatic heterocycles. The summed E-state index contributed by atoms with van der Waals surface area (Å²) < 4.78 is 7.76. The molecular weight excluding hydrogens is 352 g/mol. The van der Waals surface area contributed by atoms with E-state index in [-0.39, 0.29) is 6.04 Å². The van der Waals surface area contributed by atoms with E-state index in [9.17, 15) is 0 Å². The quantitative estimate of drug-likeness (QED) is 0.417. The fraction of sp³-hybridized carbons (Fsp3) is 0.476. The van der Waals surface area contributed by atoms with Crippen LogP contribution in [0.15, 0.2) is 41.9 Å². The van der Waals surface area contributed by atoms with Crippen molar-refractivity contribution in [2.75, 3.05) is 13.2 Å². The van der Waals surface area contributed by atoms with Crippen LogP contribution < -0.4 is 15.4 Å². The number of para-hydroxylation sites is 1. The van der Waals surface area contributed by atoms with Crippen molar-refractivity contribution in [2.45, 2.75) is 52.2 Å². The molecule has 1 unspecified atom stereocenters. The molecule has 1 atom stereocenters. The van der Waals surface area contributed by atoms with E-state index in [0.29, 0.717) is 13.2 Å². The molecule has 0 bridgehead atoms. The minimum atomic E-state index is 0.281. The van der Waals surface area contributed by atoms with Crippen molar-refractivity contribution in [3.05, 3.63) is 54.1 Å². The molecule has 3 rings (SSSR count). The fourth-order valence-corrected chi connectivity index (χ4v) is 3.23. The maximum atomic E-state index is 5.73. The first-order chi connectivity index (χ1) is 13.7. The normalized spacial score (nSPS) is 16.4. The van der Waals surface area contributed by atoms with Crippen LogP contribution in [-0.4, -0.2) is 39.9 Å². The van der Waals surface area contributed by atoms with Gasteiger partial charge in [-0.25, -0.2) is 14.7 Å². The molecule has 0 radical (unpaired) electrons. The molecule has 0 saturated carbocycles. The molecule has 1 aliphatic heterocycles. The Morgan fingerprint density at radius 2 is 2.25 bits per heavy atom. The van der Waals surface area contributed by atoms with Crippen LogP contribution in [0.2, 0.25) is 0 Å². The molecule has 0 saturated heterocycles. The molecule has 0 aliphatic carbocycles. The average Bonchev–Trinajstić information content (AvgIpc) is 3.14. The molecule has 2 N–H and O–H groups in total. The van der Waals surface area contributed by atoms with Crippen LogP contribution in [0.4, 0.5) is 0 Å². The number of aromatic nitrogens is 3. The Hall–Kier alpha value is -2.83. The number of benzene rings is 1. The van der Waals surface area contributed by atoms with Crippen molar-refractivity contribution >= 4 is 5.96 Å². The molecule has 0 spiro atoms. The van der Waals surface area contributed by atoms with Crippen molar-refractivity contribution < 1.29 is 4.74 Å². The highest BCUT2D eigenvalue weighted by atomic mass is 16.5. The lowest BCUT2D eigenvalue weighted by atomic mass is 10.1. The average molecular weight is 383 g/mol. The lowest BCUT2D eigenvalue weighted by Gasteiger charge is -2.25. The Balaban J connectivity index is 1.66. The van der Waals surface area contributed by atoms with Crippen LogP contribution in [-0.2, 0) is 25.9 Å². The summed E-state index contributed by atoms with van der Waals surface area (Å²) in [4.78, 5) is 9.35. The van der Waals surface area contributed by atoms with Crippen molar-refractivity contribution in [3.8, 4) is 5.75 Å². The summed E-state index contributed by atoms with van der Waals surface area (Å²) in [5.41, 5.74) is 1.05. The number of ether oxygens (including phenoxy) is 1. The second kappa shape index (κ2) is 9.92. The van der Waals surface area contributed by atoms with Crippen molar-refractivity contribution in [2.24, 2.45) is 4.99 Å². The first-order valence-corrected chi connectivity index (χ1v) is 10.0. The van der Waals surface area contributed by atoms with Crippen LogP contribution >= 0.6 is 0 Å². The van der Waals surface area contributed by atoms with E-state index in [1.807, 2.05) is 28.9 Å². The van der Waals surface area contributed by atoms with Crippen molar-refractivity contribution in [3.63, 3.8) is 0 Å². The Labute approximate surface area is 166 Å². The molecule has 0 fully saturated rings. The standard InChI is InChI=1S/C21H30N6O/c1-4-13-28-18-10-8-7-9-16(18)14-23-21(22-6-3)24-17-11-12-20-25-19(5-2)26-27(20)15-17/h4,7-10,17H,1,5-6,11-15H2,2-3H3,(H2,22,23,24). The number of aliphatic imine (C=N–C) groups is 1. The van der Waals surface area contributed by atoms with E-state index in [4.69, 9.17) is 9.73 Å². The van der Waals surface area contributed by atoms with Gasteiger partial charge in [0.1, 0.15) is 18.2 Å². The van der Waals surface area contributed by atoms with Gasteiger partial charge in [-0.2, -0.15) is 5.10 Å². The Kier molecular flexibility index (Phi) is 7.06. The van der Waals surface area contributed by atoms with Crippen LogP contribution in [0.1, 0.15) is 37.5 Å². The van der Waals surface area contributed by atoms with Crippen LogP contribution in [0.25, 0.3) is 0 Å². The number of rotatable bonds is 8. The monoisotopic (exact) mass is 382 g/mol. The number of fused-ring (bicyclic) bond motifs is 1. The zero-order chi connectivity index (χ0) is 19.8. The second-order valence-electron chi connectivity index (χ2n) is 6.76. The van der Waals surface area contributed by atoms with Gasteiger partial charge in [0.25, 0.3) is 0 Å². The highest BCUT2D eigenvalue weighted by molar-refractivity contribution is 5.80. The maximum absolute atomic E-state index is 5.73. The number of aryl methyl sites for hydroxylation is 2. The van der Waals surface area contributed by atoms with Gasteiger partial charge in [-0.3, -0.25) is 0 Å². The Bertz CT molecular complexity index is 813. The molecule has 2 aromatic rings. The highest BCUT2D eigenvalue weighted by Gasteiger charge is 2.22. The molecule has 7 heteroatoms. The van der Waals surface area contributed by atoms with Crippen molar-refractivity contribution in [1.82, 2.24) is 25.4 Å². The lowest BCUT2D eigenvalue weighted by molar-refractivity contribution is 0.359. The van der Waals surface area contributed by atoms with Crippen LogP contribution in [0.3, 0.4) is 0 Å². The largest absolute Gasteiger partial charge is 0.489 e. The predicted octanol–water partition coefficient (Wildman–Crippen LogP) is 2.48. The van der Waals surface area contributed by atoms with E-state index < -0.39 is 0 Å². The van der Waals surface area contributed by atoms with Gasteiger partial charge in [0, 0.05) is 31.0 Å². The van der Waals surface area contributed by atoms with Gasteiger partial charge >= 0.3 is 0 Å². The summed E-state index contributed by atoms with van der Waals surface area (Å²) in [6.45, 7) is 10.5. The summed E-state index contributed by atoms with van der Waals surface area (Å²) in [6, 6.07) is 8.26. The first kappa shape index (κ1) is 19.9. The molecule has 1 aliphatic rings. The SMILES string of the molecule is C=CCOc1ccccc1CN=C(NCC)NC1CCc2nc(CC)nn2C1. The van der Waals surface area contributed by atoms with Crippen LogP contribution in [0.5, 0.6) is 5.75 Å². The van der Waals surface area contributed by atoms with E-state index >= 15 is 0 Å². The highest BCUT2D eigenvalue weighted by Crippen LogP contribution is 2.19. The number of hydrogen-bond acceptors (Lipinski definition) is 4. The molecule has 28 heavy (non-hydrogen) atoms. The minimum absolute atomic E-state index is 0.281. The van der Waals surface area contributed by atoms with E-state index in [2.05, 4.69) is 41.1 Å². The van der Waals surface area contributed by atoms with Gasteiger partial charge in [0.15, 0.2) is 11.8 Å². The number of nitrogens with one attached hydrogen (secondary N) is 2. The van der Waals surface area contributed by atoms with Gasteiger partial charge in [-0.15, -0.1) is 0 Å². The summed E-state index contributed by atoms with van der Waals surface area (Å²) in [5, 5.41) is 11.5. The van der Waals surface area contributed by atoms with Crippen molar-refractivity contribution in [1.29, 1.82) is 0 Å². The third kappa shape index (κ3) is 5.12. The topological polar surface area (TPSA) is 76.4 Å². The summed E-state index contributed by atoms with van der Waals surface area (Å²) in [7, 11) is 0.